The zero-order chi connectivity index (χ0) is 21.8. The predicted octanol–water partition coefficient (Wildman–Crippen LogP) is 4.74. The first-order chi connectivity index (χ1) is 15.1. The second kappa shape index (κ2) is 9.87. The van der Waals surface area contributed by atoms with Gasteiger partial charge in [-0.15, -0.1) is 0 Å². The second-order valence-electron chi connectivity index (χ2n) is 7.45. The highest BCUT2D eigenvalue weighted by Gasteiger charge is 2.16. The van der Waals surface area contributed by atoms with Crippen molar-refractivity contribution in [2.24, 2.45) is 0 Å². The number of hydrogen-bond donors (Lipinski definition) is 3. The molecule has 8 heteroatoms. The van der Waals surface area contributed by atoms with Gasteiger partial charge in [0.05, 0.1) is 22.7 Å². The minimum Gasteiger partial charge on any atom is -0.396 e. The number of rotatable bonds is 9. The molecule has 0 aliphatic carbocycles. The van der Waals surface area contributed by atoms with Crippen LogP contribution < -0.4 is 10.5 Å². The summed E-state index contributed by atoms with van der Waals surface area (Å²) in [6.07, 6.45) is 2.45. The lowest BCUT2D eigenvalue weighted by Crippen LogP contribution is -2.10. The number of para-hydroxylation sites is 1. The molecule has 0 aliphatic rings. The summed E-state index contributed by atoms with van der Waals surface area (Å²) in [7, 11) is 0. The van der Waals surface area contributed by atoms with Crippen molar-refractivity contribution in [1.82, 2.24) is 19.3 Å². The normalized spacial score (nSPS) is 11.6. The lowest BCUT2D eigenvalue weighted by atomic mass is 10.2. The number of anilines is 1. The zero-order valence-electron chi connectivity index (χ0n) is 17.4. The first-order valence-electron chi connectivity index (χ1n) is 10.4. The van der Waals surface area contributed by atoms with Crippen LogP contribution in [0.25, 0.3) is 21.9 Å². The molecule has 0 fully saturated rings. The average molecular weight is 456 g/mol. The average Bonchev–Trinajstić information content (AvgIpc) is 3.12. The van der Waals surface area contributed by atoms with Gasteiger partial charge in [-0.2, -0.15) is 0 Å². The molecule has 162 valence electrons. The monoisotopic (exact) mass is 455 g/mol. The molecular formula is C23H26ClN5OS. The van der Waals surface area contributed by atoms with Gasteiger partial charge < -0.3 is 15.4 Å². The molecule has 0 saturated carbocycles. The van der Waals surface area contributed by atoms with Crippen LogP contribution >= 0.6 is 23.5 Å². The molecule has 0 radical (unpaired) electrons. The lowest BCUT2D eigenvalue weighted by Gasteiger charge is -2.11. The molecule has 0 aliphatic heterocycles. The van der Waals surface area contributed by atoms with Crippen LogP contribution in [-0.2, 0) is 13.0 Å². The maximum Gasteiger partial charge on any atom is 0.152 e. The molecule has 0 unspecified atom stereocenters. The Kier molecular flexibility index (Phi) is 6.97. The van der Waals surface area contributed by atoms with Gasteiger partial charge in [0.2, 0.25) is 0 Å². The topological polar surface area (TPSA) is 89.0 Å². The SMILES string of the molecule is Cc1cccc(Cl)c1SNCCCCn1c(CCO)nc2c(N)nc3ccccc3c21. The lowest BCUT2D eigenvalue weighted by molar-refractivity contribution is 0.294. The number of fused-ring (bicyclic) bond motifs is 3. The van der Waals surface area contributed by atoms with E-state index in [0.29, 0.717) is 17.8 Å². The van der Waals surface area contributed by atoms with Crippen LogP contribution in [0.2, 0.25) is 5.02 Å². The molecule has 2 aromatic carbocycles. The molecule has 6 nitrogen and oxygen atoms in total. The Morgan fingerprint density at radius 3 is 2.77 bits per heavy atom. The molecule has 0 atom stereocenters. The number of aliphatic hydroxyl groups is 1. The quantitative estimate of drug-likeness (QED) is 0.249. The van der Waals surface area contributed by atoms with Crippen LogP contribution in [0.15, 0.2) is 47.4 Å². The fraction of sp³-hybridized carbons (Fsp3) is 0.304. The Morgan fingerprint density at radius 2 is 1.97 bits per heavy atom. The molecule has 0 spiro atoms. The fourth-order valence-corrected chi connectivity index (χ4v) is 4.90. The van der Waals surface area contributed by atoms with Crippen molar-refractivity contribution < 1.29 is 5.11 Å². The third-order valence-electron chi connectivity index (χ3n) is 5.27. The smallest absolute Gasteiger partial charge is 0.152 e. The molecule has 4 N–H and O–H groups in total. The number of imidazole rings is 1. The standard InChI is InChI=1S/C23H26ClN5OS/c1-15-7-6-9-17(24)22(15)31-26-12-4-5-13-29-19(11-14-30)28-20-21(29)16-8-2-3-10-18(16)27-23(20)25/h2-3,6-10,26,30H,4-5,11-14H2,1H3,(H2,25,27). The minimum atomic E-state index is 0.0456. The number of aliphatic hydroxyl groups excluding tert-OH is 1. The number of halogens is 1. The Labute approximate surface area is 191 Å². The Bertz CT molecular complexity index is 1190. The molecule has 2 heterocycles. The van der Waals surface area contributed by atoms with E-state index < -0.39 is 0 Å². The Hall–Kier alpha value is -2.32. The van der Waals surface area contributed by atoms with Crippen molar-refractivity contribution in [3.63, 3.8) is 0 Å². The number of aryl methyl sites for hydroxylation is 2. The van der Waals surface area contributed by atoms with Gasteiger partial charge in [-0.1, -0.05) is 41.9 Å². The second-order valence-corrected chi connectivity index (χ2v) is 8.76. The van der Waals surface area contributed by atoms with E-state index in [1.54, 1.807) is 11.9 Å². The number of hydrogen-bond acceptors (Lipinski definition) is 6. The highest BCUT2D eigenvalue weighted by atomic mass is 35.5. The van der Waals surface area contributed by atoms with Gasteiger partial charge in [-0.25, -0.2) is 9.97 Å². The number of pyridine rings is 1. The number of nitrogen functional groups attached to an aromatic ring is 1. The van der Waals surface area contributed by atoms with Crippen molar-refractivity contribution >= 4 is 51.3 Å². The van der Waals surface area contributed by atoms with Crippen LogP contribution in [-0.4, -0.2) is 32.8 Å². The fourth-order valence-electron chi connectivity index (χ4n) is 3.77. The molecule has 0 bridgehead atoms. The van der Waals surface area contributed by atoms with Gasteiger partial charge in [0.25, 0.3) is 0 Å². The number of nitrogens with two attached hydrogens (primary N) is 1. The van der Waals surface area contributed by atoms with Gasteiger partial charge in [0.1, 0.15) is 11.3 Å². The summed E-state index contributed by atoms with van der Waals surface area (Å²) in [5, 5.41) is 11.3. The van der Waals surface area contributed by atoms with Crippen molar-refractivity contribution in [3.05, 3.63) is 58.9 Å². The number of unbranched alkanes of at least 4 members (excludes halogenated alkanes) is 1. The molecule has 31 heavy (non-hydrogen) atoms. The van der Waals surface area contributed by atoms with Crippen molar-refractivity contribution in [1.29, 1.82) is 0 Å². The van der Waals surface area contributed by atoms with E-state index in [9.17, 15) is 5.11 Å². The Morgan fingerprint density at radius 1 is 1.13 bits per heavy atom. The molecule has 0 saturated heterocycles. The summed E-state index contributed by atoms with van der Waals surface area (Å²) in [5.41, 5.74) is 9.94. The van der Waals surface area contributed by atoms with Gasteiger partial charge in [0.15, 0.2) is 5.82 Å². The van der Waals surface area contributed by atoms with Gasteiger partial charge >= 0.3 is 0 Å². The summed E-state index contributed by atoms with van der Waals surface area (Å²) in [4.78, 5) is 10.3. The van der Waals surface area contributed by atoms with Crippen LogP contribution in [0.5, 0.6) is 0 Å². The summed E-state index contributed by atoms with van der Waals surface area (Å²) in [6, 6.07) is 13.9. The maximum atomic E-state index is 9.52. The molecular weight excluding hydrogens is 430 g/mol. The number of nitrogens with one attached hydrogen (secondary N) is 1. The predicted molar refractivity (Wildman–Crippen MR) is 130 cm³/mol. The van der Waals surface area contributed by atoms with Crippen molar-refractivity contribution in [2.75, 3.05) is 18.9 Å². The van der Waals surface area contributed by atoms with E-state index in [1.807, 2.05) is 30.3 Å². The molecule has 0 amide bonds. The summed E-state index contributed by atoms with van der Waals surface area (Å²) < 4.78 is 5.61. The van der Waals surface area contributed by atoms with Gasteiger partial charge in [0, 0.05) is 29.8 Å². The zero-order valence-corrected chi connectivity index (χ0v) is 19.0. The summed E-state index contributed by atoms with van der Waals surface area (Å²) >= 11 is 7.87. The molecule has 4 rings (SSSR count). The van der Waals surface area contributed by atoms with E-state index in [-0.39, 0.29) is 6.61 Å². The van der Waals surface area contributed by atoms with E-state index in [0.717, 1.165) is 58.1 Å². The van der Waals surface area contributed by atoms with Crippen LogP contribution in [0.3, 0.4) is 0 Å². The number of benzene rings is 2. The third kappa shape index (κ3) is 4.65. The highest BCUT2D eigenvalue weighted by molar-refractivity contribution is 7.97. The van der Waals surface area contributed by atoms with E-state index in [2.05, 4.69) is 33.3 Å². The van der Waals surface area contributed by atoms with E-state index in [1.165, 1.54) is 5.56 Å². The first kappa shape index (κ1) is 21.9. The van der Waals surface area contributed by atoms with Crippen molar-refractivity contribution in [2.45, 2.75) is 37.6 Å². The van der Waals surface area contributed by atoms with Crippen molar-refractivity contribution in [3.8, 4) is 0 Å². The maximum absolute atomic E-state index is 9.52. The van der Waals surface area contributed by atoms with Crippen LogP contribution in [0.4, 0.5) is 5.82 Å². The molecule has 4 aromatic rings. The van der Waals surface area contributed by atoms with Crippen LogP contribution in [0, 0.1) is 6.92 Å². The number of nitrogens with zero attached hydrogens (tertiary/aromatic N) is 3. The Balaban J connectivity index is 1.47. The highest BCUT2D eigenvalue weighted by Crippen LogP contribution is 2.30. The minimum absolute atomic E-state index is 0.0456. The number of aromatic nitrogens is 3. The van der Waals surface area contributed by atoms with Gasteiger partial charge in [-0.05, 0) is 49.4 Å². The first-order valence-corrected chi connectivity index (χ1v) is 11.6. The molecule has 2 aromatic heterocycles. The largest absolute Gasteiger partial charge is 0.396 e. The summed E-state index contributed by atoms with van der Waals surface area (Å²) in [6.45, 7) is 3.77. The summed E-state index contributed by atoms with van der Waals surface area (Å²) in [5.74, 6) is 1.27. The third-order valence-corrected chi connectivity index (χ3v) is 6.79. The van der Waals surface area contributed by atoms with Gasteiger partial charge in [-0.3, -0.25) is 4.72 Å². The van der Waals surface area contributed by atoms with E-state index >= 15 is 0 Å². The van der Waals surface area contributed by atoms with E-state index in [4.69, 9.17) is 22.3 Å². The van der Waals surface area contributed by atoms with Crippen LogP contribution in [0.1, 0.15) is 24.2 Å².